The number of hydrogen-bond acceptors (Lipinski definition) is 5. The summed E-state index contributed by atoms with van der Waals surface area (Å²) in [7, 11) is -3.52. The second-order valence-electron chi connectivity index (χ2n) is 4.56. The predicted molar refractivity (Wildman–Crippen MR) is 82.2 cm³/mol. The molecule has 0 spiro atoms. The summed E-state index contributed by atoms with van der Waals surface area (Å²) in [5, 5.41) is 9.54. The van der Waals surface area contributed by atoms with E-state index >= 15 is 0 Å². The number of nitrogens with zero attached hydrogens (tertiary/aromatic N) is 1. The Morgan fingerprint density at radius 2 is 2.10 bits per heavy atom. The van der Waals surface area contributed by atoms with Gasteiger partial charge in [0.2, 0.25) is 10.0 Å². The Hall–Kier alpha value is -2.06. The second kappa shape index (κ2) is 6.59. The van der Waals surface area contributed by atoms with Crippen LogP contribution in [-0.4, -0.2) is 25.2 Å². The number of hydrogen-bond donors (Lipinski definition) is 4. The molecule has 2 aromatic rings. The van der Waals surface area contributed by atoms with Crippen LogP contribution in [0.1, 0.15) is 18.9 Å². The molecule has 0 saturated heterocycles. The van der Waals surface area contributed by atoms with Crippen molar-refractivity contribution in [2.24, 2.45) is 0 Å². The Balaban J connectivity index is 2.19. The van der Waals surface area contributed by atoms with Crippen molar-refractivity contribution in [2.75, 3.05) is 17.6 Å². The average Bonchev–Trinajstić information content (AvgIpc) is 2.88. The fourth-order valence-corrected chi connectivity index (χ4v) is 3.13. The average molecular weight is 309 g/mol. The lowest BCUT2D eigenvalue weighted by Crippen LogP contribution is -2.25. The maximum atomic E-state index is 12.2. The third kappa shape index (κ3) is 3.73. The first-order chi connectivity index (χ1) is 10.0. The normalized spacial score (nSPS) is 11.5. The van der Waals surface area contributed by atoms with Crippen LogP contribution in [0, 0.1) is 0 Å². The van der Waals surface area contributed by atoms with Crippen LogP contribution in [0.15, 0.2) is 35.4 Å². The summed E-state index contributed by atoms with van der Waals surface area (Å²) < 4.78 is 27.1. The van der Waals surface area contributed by atoms with Crippen molar-refractivity contribution < 1.29 is 8.42 Å². The van der Waals surface area contributed by atoms with Gasteiger partial charge in [-0.05, 0) is 18.6 Å². The van der Waals surface area contributed by atoms with Gasteiger partial charge in [-0.15, -0.1) is 0 Å². The molecule has 21 heavy (non-hydrogen) atoms. The highest BCUT2D eigenvalue weighted by Crippen LogP contribution is 2.21. The Bertz CT molecular complexity index is 696. The van der Waals surface area contributed by atoms with Gasteiger partial charge in [0, 0.05) is 18.7 Å². The predicted octanol–water partition coefficient (Wildman–Crippen LogP) is 1.29. The molecule has 8 heteroatoms. The van der Waals surface area contributed by atoms with E-state index in [1.54, 1.807) is 30.5 Å². The first kappa shape index (κ1) is 15.3. The van der Waals surface area contributed by atoms with Crippen LogP contribution < -0.4 is 15.8 Å². The lowest BCUT2D eigenvalue weighted by molar-refractivity contribution is 0.581. The zero-order valence-corrected chi connectivity index (χ0v) is 12.6. The molecule has 2 rings (SSSR count). The van der Waals surface area contributed by atoms with Crippen molar-refractivity contribution in [1.82, 2.24) is 14.9 Å². The van der Waals surface area contributed by atoms with Crippen molar-refractivity contribution in [1.29, 1.82) is 0 Å². The summed E-state index contributed by atoms with van der Waals surface area (Å²) in [6.45, 7) is 2.71. The fourth-order valence-electron chi connectivity index (χ4n) is 1.81. The Morgan fingerprint density at radius 3 is 2.76 bits per heavy atom. The van der Waals surface area contributed by atoms with Gasteiger partial charge in [-0.3, -0.25) is 5.10 Å². The molecule has 0 aliphatic rings. The molecule has 0 amide bonds. The van der Waals surface area contributed by atoms with Gasteiger partial charge in [-0.1, -0.05) is 19.1 Å². The number of aromatic amines is 1. The number of H-pyrrole nitrogens is 1. The highest BCUT2D eigenvalue weighted by atomic mass is 32.2. The molecule has 5 N–H and O–H groups in total. The van der Waals surface area contributed by atoms with Crippen molar-refractivity contribution in [3.63, 3.8) is 0 Å². The number of sulfonamides is 1. The Kier molecular flexibility index (Phi) is 4.81. The Labute approximate surface area is 124 Å². The van der Waals surface area contributed by atoms with E-state index in [2.05, 4.69) is 20.2 Å². The molecule has 114 valence electrons. The van der Waals surface area contributed by atoms with Crippen LogP contribution in [0.3, 0.4) is 0 Å². The van der Waals surface area contributed by atoms with Gasteiger partial charge < -0.3 is 11.1 Å². The van der Waals surface area contributed by atoms with Crippen molar-refractivity contribution in [2.45, 2.75) is 24.8 Å². The summed E-state index contributed by atoms with van der Waals surface area (Å²) in [5.74, 6) is 0.465. The summed E-state index contributed by atoms with van der Waals surface area (Å²) in [4.78, 5) is 0.223. The van der Waals surface area contributed by atoms with Gasteiger partial charge in [-0.2, -0.15) is 5.10 Å². The number of nitrogens with one attached hydrogen (secondary N) is 3. The number of rotatable bonds is 7. The molecule has 7 nitrogen and oxygen atoms in total. The largest absolute Gasteiger partial charge is 0.384 e. The molecule has 1 aromatic carbocycles. The Morgan fingerprint density at radius 1 is 1.33 bits per heavy atom. The van der Waals surface area contributed by atoms with E-state index < -0.39 is 10.0 Å². The molecule has 1 aromatic heterocycles. The minimum Gasteiger partial charge on any atom is -0.384 e. The zero-order valence-electron chi connectivity index (χ0n) is 11.8. The summed E-state index contributed by atoms with van der Waals surface area (Å²) in [5.41, 5.74) is 7.02. The molecule has 0 radical (unpaired) electrons. The lowest BCUT2D eigenvalue weighted by Gasteiger charge is -2.12. The summed E-state index contributed by atoms with van der Waals surface area (Å²) in [6.07, 6.45) is 2.34. The molecule has 0 fully saturated rings. The first-order valence-corrected chi connectivity index (χ1v) is 8.13. The monoisotopic (exact) mass is 309 g/mol. The standard InChI is InChI=1S/C13H19N5O2S/c1-2-7-17-21(19,20)12-6-4-3-5-11(12)15-8-10-9-16-18-13(10)14/h3-6,9,15,17H,2,7-8H2,1H3,(H3,14,16,18). The van der Waals surface area contributed by atoms with E-state index in [1.165, 1.54) is 0 Å². The van der Waals surface area contributed by atoms with Crippen LogP contribution in [0.4, 0.5) is 11.5 Å². The number of benzene rings is 1. The third-order valence-electron chi connectivity index (χ3n) is 2.94. The highest BCUT2D eigenvalue weighted by molar-refractivity contribution is 7.89. The molecule has 0 saturated carbocycles. The fraction of sp³-hybridized carbons (Fsp3) is 0.308. The van der Waals surface area contributed by atoms with Crippen molar-refractivity contribution >= 4 is 21.5 Å². The molecular weight excluding hydrogens is 290 g/mol. The molecular formula is C13H19N5O2S. The van der Waals surface area contributed by atoms with Crippen LogP contribution in [-0.2, 0) is 16.6 Å². The van der Waals surface area contributed by atoms with Gasteiger partial charge in [0.25, 0.3) is 0 Å². The van der Waals surface area contributed by atoms with Gasteiger partial charge in [0.1, 0.15) is 10.7 Å². The molecule has 0 aliphatic carbocycles. The van der Waals surface area contributed by atoms with E-state index in [9.17, 15) is 8.42 Å². The van der Waals surface area contributed by atoms with Crippen LogP contribution in [0.5, 0.6) is 0 Å². The van der Waals surface area contributed by atoms with E-state index in [4.69, 9.17) is 5.73 Å². The second-order valence-corrected chi connectivity index (χ2v) is 6.29. The number of nitrogen functional groups attached to an aromatic ring is 1. The SMILES string of the molecule is CCCNS(=O)(=O)c1ccccc1NCc1cn[nH]c1N. The molecule has 0 aliphatic heterocycles. The zero-order chi connectivity index (χ0) is 15.3. The van der Waals surface area contributed by atoms with Crippen LogP contribution in [0.25, 0.3) is 0 Å². The summed E-state index contributed by atoms with van der Waals surface area (Å²) in [6, 6.07) is 6.76. The topological polar surface area (TPSA) is 113 Å². The number of anilines is 2. The lowest BCUT2D eigenvalue weighted by atomic mass is 10.3. The maximum absolute atomic E-state index is 12.2. The molecule has 0 bridgehead atoms. The smallest absolute Gasteiger partial charge is 0.242 e. The van der Waals surface area contributed by atoms with Gasteiger partial charge in [0.05, 0.1) is 11.9 Å². The van der Waals surface area contributed by atoms with Crippen molar-refractivity contribution in [3.05, 3.63) is 36.0 Å². The first-order valence-electron chi connectivity index (χ1n) is 6.65. The van der Waals surface area contributed by atoms with Crippen molar-refractivity contribution in [3.8, 4) is 0 Å². The van der Waals surface area contributed by atoms with E-state index in [-0.39, 0.29) is 4.90 Å². The molecule has 0 atom stereocenters. The van der Waals surface area contributed by atoms with E-state index in [1.807, 2.05) is 6.92 Å². The highest BCUT2D eigenvalue weighted by Gasteiger charge is 2.17. The minimum absolute atomic E-state index is 0.223. The van der Waals surface area contributed by atoms with E-state index in [0.29, 0.717) is 24.6 Å². The van der Waals surface area contributed by atoms with Gasteiger partial charge in [0.15, 0.2) is 0 Å². The quantitative estimate of drug-likeness (QED) is 0.615. The maximum Gasteiger partial charge on any atom is 0.242 e. The van der Waals surface area contributed by atoms with Gasteiger partial charge in [-0.25, -0.2) is 13.1 Å². The number of para-hydroxylation sites is 1. The number of nitrogens with two attached hydrogens (primary N) is 1. The molecule has 1 heterocycles. The summed E-state index contributed by atoms with van der Waals surface area (Å²) >= 11 is 0. The minimum atomic E-state index is -3.52. The van der Waals surface area contributed by atoms with Crippen LogP contribution >= 0.6 is 0 Å². The third-order valence-corrected chi connectivity index (χ3v) is 4.46. The van der Waals surface area contributed by atoms with E-state index in [0.717, 1.165) is 12.0 Å². The molecule has 0 unspecified atom stereocenters. The van der Waals surface area contributed by atoms with Gasteiger partial charge >= 0.3 is 0 Å². The van der Waals surface area contributed by atoms with Crippen LogP contribution in [0.2, 0.25) is 0 Å². The number of aromatic nitrogens is 2.